The third-order valence-corrected chi connectivity index (χ3v) is 8.16. The smallest absolute Gasteiger partial charge is 0.319 e. The molecule has 3 nitrogen and oxygen atoms in total. The van der Waals surface area contributed by atoms with E-state index in [-0.39, 0.29) is 17.3 Å². The van der Waals surface area contributed by atoms with Crippen molar-refractivity contribution in [3.63, 3.8) is 0 Å². The van der Waals surface area contributed by atoms with Gasteiger partial charge in [-0.05, 0) is 46.2 Å². The molecule has 178 valence electrons. The Morgan fingerprint density at radius 1 is 0.722 bits per heavy atom. The number of benzene rings is 5. The molecular formula is C32H25ClO3. The standard InChI is InChI=1S/C32H25ClO3/c1-32(29(30(32)33)22-12-4-3-5-13-22)31(34)36-26-19-17-21-11-7-9-15-24(21)28(26)27-23-14-8-6-10-20(23)16-18-25(27)35-2/h3-19,29-30H,1-2H3/t29-,30+,32+/m1/s1. The molecule has 1 saturated carbocycles. The lowest BCUT2D eigenvalue weighted by molar-refractivity contribution is -0.139. The molecule has 0 N–H and O–H groups in total. The lowest BCUT2D eigenvalue weighted by Gasteiger charge is -2.19. The van der Waals surface area contributed by atoms with E-state index < -0.39 is 5.41 Å². The monoisotopic (exact) mass is 492 g/mol. The molecule has 0 saturated heterocycles. The predicted molar refractivity (Wildman–Crippen MR) is 146 cm³/mol. The highest BCUT2D eigenvalue weighted by atomic mass is 35.5. The Bertz CT molecular complexity index is 1610. The molecule has 0 unspecified atom stereocenters. The van der Waals surface area contributed by atoms with Gasteiger partial charge in [0.05, 0.1) is 17.9 Å². The Hall–Kier alpha value is -3.82. The molecule has 0 bridgehead atoms. The van der Waals surface area contributed by atoms with Gasteiger partial charge in [-0.15, -0.1) is 11.6 Å². The van der Waals surface area contributed by atoms with Crippen LogP contribution < -0.4 is 9.47 Å². The fourth-order valence-corrected chi connectivity index (χ4v) is 5.92. The van der Waals surface area contributed by atoms with Gasteiger partial charge in [-0.25, -0.2) is 0 Å². The summed E-state index contributed by atoms with van der Waals surface area (Å²) >= 11 is 6.71. The van der Waals surface area contributed by atoms with Crippen LogP contribution in [0.2, 0.25) is 0 Å². The summed E-state index contributed by atoms with van der Waals surface area (Å²) in [5.74, 6) is 0.797. The molecule has 0 heterocycles. The van der Waals surface area contributed by atoms with Crippen LogP contribution in [0.25, 0.3) is 32.7 Å². The summed E-state index contributed by atoms with van der Waals surface area (Å²) in [6.07, 6.45) is 0. The Morgan fingerprint density at radius 3 is 1.86 bits per heavy atom. The summed E-state index contributed by atoms with van der Waals surface area (Å²) in [6, 6.07) is 34.1. The molecule has 4 heteroatoms. The van der Waals surface area contributed by atoms with Gasteiger partial charge in [0.2, 0.25) is 0 Å². The van der Waals surface area contributed by atoms with Crippen molar-refractivity contribution >= 4 is 39.1 Å². The average molecular weight is 493 g/mol. The van der Waals surface area contributed by atoms with Crippen LogP contribution >= 0.6 is 11.6 Å². The van der Waals surface area contributed by atoms with E-state index in [4.69, 9.17) is 21.1 Å². The van der Waals surface area contributed by atoms with Gasteiger partial charge in [0.15, 0.2) is 0 Å². The Balaban J connectivity index is 1.51. The van der Waals surface area contributed by atoms with Crippen LogP contribution in [0.3, 0.4) is 0 Å². The van der Waals surface area contributed by atoms with Crippen LogP contribution in [0.5, 0.6) is 11.5 Å². The molecule has 6 rings (SSSR count). The minimum absolute atomic E-state index is 0.0936. The maximum Gasteiger partial charge on any atom is 0.319 e. The minimum Gasteiger partial charge on any atom is -0.496 e. The molecule has 3 atom stereocenters. The largest absolute Gasteiger partial charge is 0.496 e. The Kier molecular flexibility index (Phi) is 5.46. The maximum absolute atomic E-state index is 13.7. The summed E-state index contributed by atoms with van der Waals surface area (Å²) in [5, 5.41) is 3.82. The Labute approximate surface area is 215 Å². The van der Waals surface area contributed by atoms with E-state index in [9.17, 15) is 4.79 Å². The maximum atomic E-state index is 13.7. The fourth-order valence-electron chi connectivity index (χ4n) is 5.36. The first-order chi connectivity index (χ1) is 17.5. The SMILES string of the molecule is COc1ccc2ccccc2c1-c1c(OC(=O)[C@@]2(C)[C@H](c3ccccc3)[C@@H]2Cl)ccc2ccccc12. The van der Waals surface area contributed by atoms with Gasteiger partial charge in [0.1, 0.15) is 11.5 Å². The highest BCUT2D eigenvalue weighted by Gasteiger charge is 2.67. The van der Waals surface area contributed by atoms with Gasteiger partial charge in [0.25, 0.3) is 0 Å². The van der Waals surface area contributed by atoms with Gasteiger partial charge in [-0.2, -0.15) is 0 Å². The first-order valence-corrected chi connectivity index (χ1v) is 12.5. The first-order valence-electron chi connectivity index (χ1n) is 12.0. The second-order valence-electron chi connectivity index (χ2n) is 9.49. The van der Waals surface area contributed by atoms with Crippen molar-refractivity contribution in [2.75, 3.05) is 7.11 Å². The predicted octanol–water partition coefficient (Wildman–Crippen LogP) is 7.99. The number of carbonyl (C=O) groups excluding carboxylic acids is 1. The van der Waals surface area contributed by atoms with E-state index in [0.717, 1.165) is 44.0 Å². The molecule has 5 aromatic carbocycles. The summed E-state index contributed by atoms with van der Waals surface area (Å²) in [6.45, 7) is 1.89. The van der Waals surface area contributed by atoms with Gasteiger partial charge >= 0.3 is 5.97 Å². The number of alkyl halides is 1. The molecule has 0 radical (unpaired) electrons. The molecule has 36 heavy (non-hydrogen) atoms. The van der Waals surface area contributed by atoms with E-state index in [1.807, 2.05) is 85.8 Å². The van der Waals surface area contributed by atoms with Crippen LogP contribution in [0.1, 0.15) is 18.4 Å². The van der Waals surface area contributed by atoms with Crippen molar-refractivity contribution in [3.05, 3.63) is 109 Å². The van der Waals surface area contributed by atoms with Gasteiger partial charge in [-0.3, -0.25) is 4.79 Å². The molecule has 1 aliphatic carbocycles. The number of methoxy groups -OCH3 is 1. The molecule has 0 aromatic heterocycles. The first kappa shape index (κ1) is 22.6. The molecule has 1 aliphatic rings. The Morgan fingerprint density at radius 2 is 1.25 bits per heavy atom. The van der Waals surface area contributed by atoms with Crippen molar-refractivity contribution in [2.45, 2.75) is 18.2 Å². The van der Waals surface area contributed by atoms with Crippen LogP contribution in [0.4, 0.5) is 0 Å². The third kappa shape index (κ3) is 3.46. The number of fused-ring (bicyclic) bond motifs is 2. The normalized spacial score (nSPS) is 20.9. The minimum atomic E-state index is -0.811. The summed E-state index contributed by atoms with van der Waals surface area (Å²) in [5.41, 5.74) is 1.97. The van der Waals surface area contributed by atoms with E-state index in [2.05, 4.69) is 24.3 Å². The van der Waals surface area contributed by atoms with Crippen LogP contribution in [-0.4, -0.2) is 18.5 Å². The average Bonchev–Trinajstić information content (AvgIpc) is 3.49. The van der Waals surface area contributed by atoms with Gasteiger partial charge in [0, 0.05) is 17.0 Å². The lowest BCUT2D eigenvalue weighted by Crippen LogP contribution is -2.22. The topological polar surface area (TPSA) is 35.5 Å². The third-order valence-electron chi connectivity index (χ3n) is 7.46. The highest BCUT2D eigenvalue weighted by molar-refractivity contribution is 6.27. The van der Waals surface area contributed by atoms with Crippen molar-refractivity contribution < 1.29 is 14.3 Å². The van der Waals surface area contributed by atoms with Crippen LogP contribution in [-0.2, 0) is 4.79 Å². The second-order valence-corrected chi connectivity index (χ2v) is 9.96. The lowest BCUT2D eigenvalue weighted by atomic mass is 9.92. The van der Waals surface area contributed by atoms with Crippen molar-refractivity contribution in [2.24, 2.45) is 5.41 Å². The summed E-state index contributed by atoms with van der Waals surface area (Å²) in [7, 11) is 1.66. The molecule has 1 fully saturated rings. The number of rotatable bonds is 5. The van der Waals surface area contributed by atoms with Gasteiger partial charge < -0.3 is 9.47 Å². The highest BCUT2D eigenvalue weighted by Crippen LogP contribution is 2.63. The zero-order chi connectivity index (χ0) is 24.9. The van der Waals surface area contributed by atoms with Crippen molar-refractivity contribution in [1.82, 2.24) is 0 Å². The summed E-state index contributed by atoms with van der Waals surface area (Å²) in [4.78, 5) is 13.7. The molecular weight excluding hydrogens is 468 g/mol. The van der Waals surface area contributed by atoms with Crippen molar-refractivity contribution in [3.8, 4) is 22.6 Å². The van der Waals surface area contributed by atoms with E-state index in [1.54, 1.807) is 7.11 Å². The zero-order valence-corrected chi connectivity index (χ0v) is 20.8. The summed E-state index contributed by atoms with van der Waals surface area (Å²) < 4.78 is 12.1. The second kappa shape index (κ2) is 8.69. The number of halogens is 1. The molecule has 0 spiro atoms. The quantitative estimate of drug-likeness (QED) is 0.142. The number of hydrogen-bond acceptors (Lipinski definition) is 3. The number of ether oxygens (including phenoxy) is 2. The molecule has 0 amide bonds. The zero-order valence-electron chi connectivity index (χ0n) is 20.1. The van der Waals surface area contributed by atoms with E-state index in [1.165, 1.54) is 0 Å². The molecule has 0 aliphatic heterocycles. The number of esters is 1. The number of hydrogen-bond donors (Lipinski definition) is 0. The fraction of sp³-hybridized carbons (Fsp3) is 0.156. The van der Waals surface area contributed by atoms with Crippen LogP contribution in [0, 0.1) is 5.41 Å². The van der Waals surface area contributed by atoms with Crippen LogP contribution in [0.15, 0.2) is 103 Å². The van der Waals surface area contributed by atoms with E-state index >= 15 is 0 Å². The molecule has 5 aromatic rings. The van der Waals surface area contributed by atoms with Crippen molar-refractivity contribution in [1.29, 1.82) is 0 Å². The van der Waals surface area contributed by atoms with E-state index in [0.29, 0.717) is 5.75 Å². The van der Waals surface area contributed by atoms with Gasteiger partial charge in [-0.1, -0.05) is 91.0 Å². The number of carbonyl (C=O) groups is 1.